The van der Waals surface area contributed by atoms with Gasteiger partial charge < -0.3 is 10.1 Å². The topological polar surface area (TPSA) is 84.5 Å². The number of fused-ring (bicyclic) bond motifs is 1. The first kappa shape index (κ1) is 19.4. The van der Waals surface area contributed by atoms with Gasteiger partial charge >= 0.3 is 0 Å². The summed E-state index contributed by atoms with van der Waals surface area (Å²) in [5.41, 5.74) is 2.39. The number of carbonyl (C=O) groups is 1. The molecular formula is C20H24N2O4S. The molecule has 3 rings (SSSR count). The Morgan fingerprint density at radius 3 is 2.41 bits per heavy atom. The normalized spacial score (nSPS) is 15.2. The number of aryl methyl sites for hydroxylation is 1. The number of hydrogen-bond donors (Lipinski definition) is 2. The van der Waals surface area contributed by atoms with Crippen LogP contribution in [-0.2, 0) is 21.2 Å². The van der Waals surface area contributed by atoms with Gasteiger partial charge in [-0.05, 0) is 53.8 Å². The summed E-state index contributed by atoms with van der Waals surface area (Å²) in [5, 5.41) is 2.77. The Balaban J connectivity index is 1.87. The van der Waals surface area contributed by atoms with Crippen molar-refractivity contribution in [1.29, 1.82) is 0 Å². The van der Waals surface area contributed by atoms with E-state index in [2.05, 4.69) is 10.0 Å². The third kappa shape index (κ3) is 4.31. The van der Waals surface area contributed by atoms with Gasteiger partial charge in [0.15, 0.2) is 0 Å². The van der Waals surface area contributed by atoms with Gasteiger partial charge in [-0.3, -0.25) is 4.79 Å². The van der Waals surface area contributed by atoms with E-state index in [9.17, 15) is 13.2 Å². The highest BCUT2D eigenvalue weighted by Gasteiger charge is 2.25. The summed E-state index contributed by atoms with van der Waals surface area (Å²) >= 11 is 0. The van der Waals surface area contributed by atoms with E-state index in [0.29, 0.717) is 18.5 Å². The van der Waals surface area contributed by atoms with Gasteiger partial charge in [-0.2, -0.15) is 0 Å². The standard InChI is InChI=1S/C20H24N2O4S/c1-13(2)20(14-4-7-16(26-3)8-5-14)22-27(24,25)17-9-10-18-15(12-17)6-11-19(23)21-18/h4-5,7-10,12-13,20,22H,6,11H2,1-3H3,(H,21,23)/t20-/m0/s1. The molecule has 2 aromatic rings. The quantitative estimate of drug-likeness (QED) is 0.796. The molecule has 7 heteroatoms. The number of hydrogen-bond acceptors (Lipinski definition) is 4. The fourth-order valence-corrected chi connectivity index (χ4v) is 4.59. The molecule has 2 N–H and O–H groups in total. The highest BCUT2D eigenvalue weighted by molar-refractivity contribution is 7.89. The Bertz CT molecular complexity index is 937. The van der Waals surface area contributed by atoms with Gasteiger partial charge in [-0.15, -0.1) is 0 Å². The second kappa shape index (κ2) is 7.70. The third-order valence-electron chi connectivity index (χ3n) is 4.71. The summed E-state index contributed by atoms with van der Waals surface area (Å²) in [4.78, 5) is 11.7. The van der Waals surface area contributed by atoms with Gasteiger partial charge in [-0.25, -0.2) is 13.1 Å². The summed E-state index contributed by atoms with van der Waals surface area (Å²) in [6.45, 7) is 3.94. The van der Waals surface area contributed by atoms with Crippen LogP contribution < -0.4 is 14.8 Å². The van der Waals surface area contributed by atoms with Crippen molar-refractivity contribution in [2.75, 3.05) is 12.4 Å². The average Bonchev–Trinajstić information content (AvgIpc) is 2.65. The number of anilines is 1. The van der Waals surface area contributed by atoms with Gasteiger partial charge in [0.1, 0.15) is 5.75 Å². The molecule has 0 bridgehead atoms. The van der Waals surface area contributed by atoms with E-state index in [0.717, 1.165) is 16.9 Å². The predicted octanol–water partition coefficient (Wildman–Crippen LogP) is 3.26. The molecule has 2 aromatic carbocycles. The zero-order valence-corrected chi connectivity index (χ0v) is 16.5. The molecule has 1 atom stereocenters. The molecule has 0 radical (unpaired) electrons. The van der Waals surface area contributed by atoms with Crippen LogP contribution in [0, 0.1) is 5.92 Å². The lowest BCUT2D eigenvalue weighted by atomic mass is 9.97. The SMILES string of the molecule is COc1ccc([C@@H](NS(=O)(=O)c2ccc3c(c2)CCC(=O)N3)C(C)C)cc1. The predicted molar refractivity (Wildman–Crippen MR) is 104 cm³/mol. The third-order valence-corrected chi connectivity index (χ3v) is 6.14. The van der Waals surface area contributed by atoms with Gasteiger partial charge in [0.05, 0.1) is 12.0 Å². The second-order valence-corrected chi connectivity index (χ2v) is 8.70. The molecule has 0 unspecified atom stereocenters. The van der Waals surface area contributed by atoms with E-state index in [4.69, 9.17) is 4.74 Å². The van der Waals surface area contributed by atoms with Gasteiger partial charge in [0.2, 0.25) is 15.9 Å². The molecule has 0 aliphatic carbocycles. The van der Waals surface area contributed by atoms with E-state index < -0.39 is 10.0 Å². The van der Waals surface area contributed by atoms with Crippen LogP contribution in [0.2, 0.25) is 0 Å². The van der Waals surface area contributed by atoms with Crippen molar-refractivity contribution in [3.8, 4) is 5.75 Å². The Kier molecular flexibility index (Phi) is 5.53. The second-order valence-electron chi connectivity index (χ2n) is 6.98. The Morgan fingerprint density at radius 1 is 1.07 bits per heavy atom. The van der Waals surface area contributed by atoms with Crippen LogP contribution in [-0.4, -0.2) is 21.4 Å². The van der Waals surface area contributed by atoms with E-state index in [-0.39, 0.29) is 22.8 Å². The zero-order chi connectivity index (χ0) is 19.6. The number of carbonyl (C=O) groups excluding carboxylic acids is 1. The molecule has 1 heterocycles. The van der Waals surface area contributed by atoms with Crippen molar-refractivity contribution < 1.29 is 17.9 Å². The van der Waals surface area contributed by atoms with E-state index in [1.54, 1.807) is 19.2 Å². The van der Waals surface area contributed by atoms with E-state index >= 15 is 0 Å². The molecule has 144 valence electrons. The van der Waals surface area contributed by atoms with Crippen LogP contribution >= 0.6 is 0 Å². The first-order valence-electron chi connectivity index (χ1n) is 8.89. The molecule has 0 aromatic heterocycles. The number of ether oxygens (including phenoxy) is 1. The Hall–Kier alpha value is -2.38. The van der Waals surface area contributed by atoms with E-state index in [1.165, 1.54) is 6.07 Å². The highest BCUT2D eigenvalue weighted by atomic mass is 32.2. The van der Waals surface area contributed by atoms with Crippen LogP contribution in [0.1, 0.15) is 37.4 Å². The smallest absolute Gasteiger partial charge is 0.241 e. The maximum absolute atomic E-state index is 13.0. The minimum atomic E-state index is -3.71. The summed E-state index contributed by atoms with van der Waals surface area (Å²) in [6.07, 6.45) is 0.904. The summed E-state index contributed by atoms with van der Waals surface area (Å²) in [5.74, 6) is 0.738. The maximum Gasteiger partial charge on any atom is 0.241 e. The van der Waals surface area contributed by atoms with Crippen molar-refractivity contribution in [2.45, 2.75) is 37.6 Å². The van der Waals surface area contributed by atoms with E-state index in [1.807, 2.05) is 38.1 Å². The number of methoxy groups -OCH3 is 1. The lowest BCUT2D eigenvalue weighted by molar-refractivity contribution is -0.116. The van der Waals surface area contributed by atoms with Crippen LogP contribution in [0.15, 0.2) is 47.4 Å². The van der Waals surface area contributed by atoms with Crippen LogP contribution in [0.5, 0.6) is 5.75 Å². The van der Waals surface area contributed by atoms with Crippen LogP contribution in [0.3, 0.4) is 0 Å². The number of benzene rings is 2. The van der Waals surface area contributed by atoms with Crippen molar-refractivity contribution in [3.05, 3.63) is 53.6 Å². The first-order chi connectivity index (χ1) is 12.8. The maximum atomic E-state index is 13.0. The van der Waals surface area contributed by atoms with Crippen molar-refractivity contribution in [2.24, 2.45) is 5.92 Å². The number of sulfonamides is 1. The van der Waals surface area contributed by atoms with Gasteiger partial charge in [0, 0.05) is 18.2 Å². The average molecular weight is 388 g/mol. The van der Waals surface area contributed by atoms with Crippen molar-refractivity contribution in [1.82, 2.24) is 4.72 Å². The van der Waals surface area contributed by atoms with Gasteiger partial charge in [-0.1, -0.05) is 26.0 Å². The fourth-order valence-electron chi connectivity index (χ4n) is 3.16. The number of amides is 1. The minimum Gasteiger partial charge on any atom is -0.497 e. The summed E-state index contributed by atoms with van der Waals surface area (Å²) < 4.78 is 33.9. The number of nitrogens with one attached hydrogen (secondary N) is 2. The molecule has 0 saturated carbocycles. The molecule has 27 heavy (non-hydrogen) atoms. The first-order valence-corrected chi connectivity index (χ1v) is 10.4. The molecule has 0 saturated heterocycles. The molecular weight excluding hydrogens is 364 g/mol. The fraction of sp³-hybridized carbons (Fsp3) is 0.350. The minimum absolute atomic E-state index is 0.0457. The van der Waals surface area contributed by atoms with Crippen molar-refractivity contribution >= 4 is 21.6 Å². The monoisotopic (exact) mass is 388 g/mol. The van der Waals surface area contributed by atoms with Gasteiger partial charge in [0.25, 0.3) is 0 Å². The molecule has 6 nitrogen and oxygen atoms in total. The Morgan fingerprint density at radius 2 is 1.78 bits per heavy atom. The van der Waals surface area contributed by atoms with Crippen LogP contribution in [0.4, 0.5) is 5.69 Å². The number of rotatable bonds is 6. The highest BCUT2D eigenvalue weighted by Crippen LogP contribution is 2.29. The molecule has 1 amide bonds. The summed E-state index contributed by atoms with van der Waals surface area (Å²) in [6, 6.07) is 11.8. The lowest BCUT2D eigenvalue weighted by Gasteiger charge is -2.24. The molecule has 1 aliphatic rings. The molecule has 1 aliphatic heterocycles. The molecule has 0 fully saturated rings. The lowest BCUT2D eigenvalue weighted by Crippen LogP contribution is -2.32. The zero-order valence-electron chi connectivity index (χ0n) is 15.7. The Labute approximate surface area is 160 Å². The van der Waals surface area contributed by atoms with Crippen molar-refractivity contribution in [3.63, 3.8) is 0 Å². The largest absolute Gasteiger partial charge is 0.497 e. The van der Waals surface area contributed by atoms with Crippen LogP contribution in [0.25, 0.3) is 0 Å². The molecule has 0 spiro atoms. The summed E-state index contributed by atoms with van der Waals surface area (Å²) in [7, 11) is -2.12.